The summed E-state index contributed by atoms with van der Waals surface area (Å²) in [5.74, 6) is 1.51. The minimum Gasteiger partial charge on any atom is -0.424 e. The fraction of sp³-hybridized carbons (Fsp3) is 0.269. The van der Waals surface area contributed by atoms with E-state index in [4.69, 9.17) is 4.74 Å². The molecule has 174 valence electrons. The van der Waals surface area contributed by atoms with Gasteiger partial charge in [0, 0.05) is 47.2 Å². The van der Waals surface area contributed by atoms with Crippen LogP contribution in [-0.2, 0) is 11.0 Å². The molecule has 3 aromatic rings. The van der Waals surface area contributed by atoms with Crippen molar-refractivity contribution in [2.45, 2.75) is 32.7 Å². The van der Waals surface area contributed by atoms with Gasteiger partial charge in [0.1, 0.15) is 16.7 Å². The fourth-order valence-electron chi connectivity index (χ4n) is 3.58. The molecule has 1 atom stereocenters. The highest BCUT2D eigenvalue weighted by Gasteiger charge is 2.32. The summed E-state index contributed by atoms with van der Waals surface area (Å²) >= 11 is 0. The van der Waals surface area contributed by atoms with Crippen molar-refractivity contribution in [2.75, 3.05) is 15.4 Å². The van der Waals surface area contributed by atoms with Gasteiger partial charge in [-0.05, 0) is 61.2 Å². The van der Waals surface area contributed by atoms with E-state index in [0.717, 1.165) is 35.5 Å². The molecule has 0 aliphatic heterocycles. The van der Waals surface area contributed by atoms with E-state index in [1.54, 1.807) is 24.5 Å². The summed E-state index contributed by atoms with van der Waals surface area (Å²) in [7, 11) is -1.12. The van der Waals surface area contributed by atoms with E-state index in [0.29, 0.717) is 29.0 Å². The van der Waals surface area contributed by atoms with Gasteiger partial charge in [-0.1, -0.05) is 20.4 Å². The molecule has 0 saturated heterocycles. The van der Waals surface area contributed by atoms with Crippen LogP contribution in [0, 0.1) is 17.2 Å². The van der Waals surface area contributed by atoms with Crippen LogP contribution in [0.25, 0.3) is 5.57 Å². The Hall–Kier alpha value is -3.70. The SMILES string of the molecule is C=C(C#N)c1ccc(Oc2ncccn2)cc1N(c1ccc(NS(=O)CC(C)C)cc1)C1CC1. The Labute approximate surface area is 202 Å². The maximum atomic E-state index is 12.2. The predicted octanol–water partition coefficient (Wildman–Crippen LogP) is 5.84. The van der Waals surface area contributed by atoms with Crippen LogP contribution in [0.3, 0.4) is 0 Å². The Morgan fingerprint density at radius 3 is 2.56 bits per heavy atom. The highest BCUT2D eigenvalue weighted by atomic mass is 32.2. The average molecular weight is 474 g/mol. The second-order valence-corrected chi connectivity index (χ2v) is 9.79. The minimum absolute atomic E-state index is 0.253. The number of nitrogens with one attached hydrogen (secondary N) is 1. The largest absolute Gasteiger partial charge is 0.424 e. The molecule has 0 bridgehead atoms. The third kappa shape index (κ3) is 5.80. The van der Waals surface area contributed by atoms with Gasteiger partial charge in [0.25, 0.3) is 0 Å². The molecule has 2 aromatic carbocycles. The molecule has 7 nitrogen and oxygen atoms in total. The van der Waals surface area contributed by atoms with Gasteiger partial charge >= 0.3 is 6.01 Å². The molecule has 34 heavy (non-hydrogen) atoms. The van der Waals surface area contributed by atoms with Gasteiger partial charge in [-0.3, -0.25) is 0 Å². The molecule has 4 rings (SSSR count). The first-order valence-electron chi connectivity index (χ1n) is 11.2. The van der Waals surface area contributed by atoms with Crippen LogP contribution in [0.2, 0.25) is 0 Å². The van der Waals surface area contributed by atoms with E-state index in [-0.39, 0.29) is 6.01 Å². The van der Waals surface area contributed by atoms with E-state index < -0.39 is 11.0 Å². The van der Waals surface area contributed by atoms with E-state index in [9.17, 15) is 9.47 Å². The van der Waals surface area contributed by atoms with Crippen molar-refractivity contribution >= 4 is 33.6 Å². The third-order valence-corrected chi connectivity index (χ3v) is 6.65. The monoisotopic (exact) mass is 473 g/mol. The standard InChI is InChI=1S/C26H27N5O2S/c1-18(2)17-34(32)30-20-5-7-21(8-6-20)31(22-9-10-22)25-15-23(11-12-24(25)19(3)16-27)33-26-28-13-4-14-29-26/h4-8,11-15,18,22,30H,3,9-10,17H2,1-2H3. The van der Waals surface area contributed by atoms with Crippen LogP contribution >= 0.6 is 0 Å². The van der Waals surface area contributed by atoms with Gasteiger partial charge < -0.3 is 14.4 Å². The summed E-state index contributed by atoms with van der Waals surface area (Å²) in [6, 6.07) is 17.9. The molecule has 0 spiro atoms. The molecule has 1 N–H and O–H groups in total. The fourth-order valence-corrected chi connectivity index (χ4v) is 4.67. The number of nitriles is 1. The molecule has 1 aromatic heterocycles. The quantitative estimate of drug-likeness (QED) is 0.372. The third-order valence-electron chi connectivity index (χ3n) is 5.21. The number of ether oxygens (including phenoxy) is 1. The molecule has 8 heteroatoms. The predicted molar refractivity (Wildman–Crippen MR) is 136 cm³/mol. The second kappa shape index (κ2) is 10.5. The zero-order chi connectivity index (χ0) is 24.1. The number of nitrogens with zero attached hydrogens (tertiary/aromatic N) is 4. The first kappa shape index (κ1) is 23.5. The second-order valence-electron chi connectivity index (χ2n) is 8.56. The van der Waals surface area contributed by atoms with Gasteiger partial charge in [0.15, 0.2) is 0 Å². The van der Waals surface area contributed by atoms with Crippen molar-refractivity contribution in [1.82, 2.24) is 9.97 Å². The maximum Gasteiger partial charge on any atom is 0.321 e. The van der Waals surface area contributed by atoms with Gasteiger partial charge in [0.2, 0.25) is 0 Å². The first-order valence-corrected chi connectivity index (χ1v) is 12.5. The summed E-state index contributed by atoms with van der Waals surface area (Å²) in [6.45, 7) is 8.04. The van der Waals surface area contributed by atoms with Crippen LogP contribution in [0.15, 0.2) is 67.5 Å². The lowest BCUT2D eigenvalue weighted by Gasteiger charge is -2.28. The van der Waals surface area contributed by atoms with E-state index >= 15 is 0 Å². The van der Waals surface area contributed by atoms with Crippen molar-refractivity contribution in [3.8, 4) is 17.8 Å². The Balaban J connectivity index is 1.66. The minimum atomic E-state index is -1.12. The van der Waals surface area contributed by atoms with Crippen molar-refractivity contribution < 1.29 is 8.95 Å². The Kier molecular flexibility index (Phi) is 7.24. The Morgan fingerprint density at radius 1 is 1.24 bits per heavy atom. The lowest BCUT2D eigenvalue weighted by atomic mass is 10.0. The van der Waals surface area contributed by atoms with Crippen molar-refractivity contribution in [3.63, 3.8) is 0 Å². The zero-order valence-electron chi connectivity index (χ0n) is 19.3. The summed E-state index contributed by atoms with van der Waals surface area (Å²) in [4.78, 5) is 10.5. The lowest BCUT2D eigenvalue weighted by Crippen LogP contribution is -2.21. The molecule has 0 radical (unpaired) electrons. The summed E-state index contributed by atoms with van der Waals surface area (Å²) < 4.78 is 21.2. The Morgan fingerprint density at radius 2 is 1.94 bits per heavy atom. The zero-order valence-corrected chi connectivity index (χ0v) is 20.1. The summed E-state index contributed by atoms with van der Waals surface area (Å²) in [6.07, 6.45) is 5.33. The number of aromatic nitrogens is 2. The number of allylic oxidation sites excluding steroid dienone is 1. The molecule has 1 unspecified atom stereocenters. The number of hydrogen-bond acceptors (Lipinski definition) is 6. The Bertz CT molecular complexity index is 1220. The average Bonchev–Trinajstić information content (AvgIpc) is 3.65. The highest BCUT2D eigenvalue weighted by molar-refractivity contribution is 7.86. The summed E-state index contributed by atoms with van der Waals surface area (Å²) in [5.41, 5.74) is 3.74. The molecule has 1 saturated carbocycles. The highest BCUT2D eigenvalue weighted by Crippen LogP contribution is 2.43. The van der Waals surface area contributed by atoms with Gasteiger partial charge in [-0.15, -0.1) is 0 Å². The lowest BCUT2D eigenvalue weighted by molar-refractivity contribution is 0.442. The number of rotatable bonds is 10. The normalized spacial score (nSPS) is 13.7. The topological polar surface area (TPSA) is 91.1 Å². The molecule has 0 amide bonds. The van der Waals surface area contributed by atoms with Crippen LogP contribution < -0.4 is 14.4 Å². The van der Waals surface area contributed by atoms with Crippen LogP contribution in [-0.4, -0.2) is 26.0 Å². The van der Waals surface area contributed by atoms with Gasteiger partial charge in [0.05, 0.1) is 17.3 Å². The molecule has 1 heterocycles. The molecule has 1 aliphatic carbocycles. The van der Waals surface area contributed by atoms with Gasteiger partial charge in [-0.2, -0.15) is 5.26 Å². The van der Waals surface area contributed by atoms with E-state index in [1.807, 2.05) is 50.2 Å². The molecule has 1 aliphatic rings. The van der Waals surface area contributed by atoms with Crippen LogP contribution in [0.4, 0.5) is 17.1 Å². The number of anilines is 3. The molecular weight excluding hydrogens is 446 g/mol. The van der Waals surface area contributed by atoms with Crippen molar-refractivity contribution in [3.05, 3.63) is 73.1 Å². The van der Waals surface area contributed by atoms with Crippen molar-refractivity contribution in [1.29, 1.82) is 5.26 Å². The molecule has 1 fully saturated rings. The number of hydrogen-bond donors (Lipinski definition) is 1. The van der Waals surface area contributed by atoms with Crippen LogP contribution in [0.1, 0.15) is 32.3 Å². The smallest absolute Gasteiger partial charge is 0.321 e. The molecular formula is C26H27N5O2S. The maximum absolute atomic E-state index is 12.2. The van der Waals surface area contributed by atoms with Crippen molar-refractivity contribution in [2.24, 2.45) is 5.92 Å². The van der Waals surface area contributed by atoms with Crippen LogP contribution in [0.5, 0.6) is 11.8 Å². The van der Waals surface area contributed by atoms with E-state index in [2.05, 4.69) is 32.2 Å². The van der Waals surface area contributed by atoms with E-state index in [1.165, 1.54) is 0 Å². The number of benzene rings is 2. The van der Waals surface area contributed by atoms with Gasteiger partial charge in [-0.25, -0.2) is 14.2 Å². The first-order chi connectivity index (χ1) is 16.4. The summed E-state index contributed by atoms with van der Waals surface area (Å²) in [5, 5.41) is 9.55.